The number of hydrogen-bond acceptors (Lipinski definition) is 2. The molecule has 0 radical (unpaired) electrons. The van der Waals surface area contributed by atoms with Gasteiger partial charge in [0.1, 0.15) is 5.75 Å². The van der Waals surface area contributed by atoms with Gasteiger partial charge in [-0.1, -0.05) is 18.6 Å². The largest absolute Gasteiger partial charge is 0.507 e. The van der Waals surface area contributed by atoms with E-state index < -0.39 is 6.10 Å². The van der Waals surface area contributed by atoms with Gasteiger partial charge >= 0.3 is 0 Å². The lowest BCUT2D eigenvalue weighted by Gasteiger charge is -2.13. The highest BCUT2D eigenvalue weighted by atomic mass is 16.3. The normalized spacial score (nSPS) is 12.9. The Hall–Kier alpha value is -1.02. The molecule has 0 heterocycles. The predicted molar refractivity (Wildman–Crippen MR) is 52.8 cm³/mol. The van der Waals surface area contributed by atoms with Crippen molar-refractivity contribution in [2.75, 3.05) is 0 Å². The van der Waals surface area contributed by atoms with Gasteiger partial charge in [0.15, 0.2) is 0 Å². The summed E-state index contributed by atoms with van der Waals surface area (Å²) in [6.07, 6.45) is 0.0646. The molecule has 1 atom stereocenters. The van der Waals surface area contributed by atoms with Crippen molar-refractivity contribution in [2.24, 2.45) is 0 Å². The van der Waals surface area contributed by atoms with Crippen LogP contribution < -0.4 is 0 Å². The molecule has 0 fully saturated rings. The topological polar surface area (TPSA) is 40.5 Å². The van der Waals surface area contributed by atoms with Gasteiger partial charge in [0.25, 0.3) is 0 Å². The molecule has 0 aliphatic heterocycles. The maximum Gasteiger partial charge on any atom is 0.124 e. The fourth-order valence-electron chi connectivity index (χ4n) is 1.47. The number of phenolic OH excluding ortho intramolecular Hbond substituents is 1. The molecule has 0 saturated carbocycles. The van der Waals surface area contributed by atoms with Crippen molar-refractivity contribution >= 4 is 0 Å². The van der Waals surface area contributed by atoms with Gasteiger partial charge in [0.2, 0.25) is 0 Å². The van der Waals surface area contributed by atoms with Crippen LogP contribution in [0.25, 0.3) is 0 Å². The second kappa shape index (κ2) is 3.79. The minimum Gasteiger partial charge on any atom is -0.507 e. The molecule has 1 aromatic carbocycles. The summed E-state index contributed by atoms with van der Waals surface area (Å²) in [7, 11) is 0. The summed E-state index contributed by atoms with van der Waals surface area (Å²) in [5.41, 5.74) is 2.53. The van der Waals surface area contributed by atoms with Gasteiger partial charge in [-0.3, -0.25) is 0 Å². The Labute approximate surface area is 78.8 Å². The fraction of sp³-hybridized carbons (Fsp3) is 0.455. The van der Waals surface area contributed by atoms with Crippen LogP contribution in [0.1, 0.15) is 36.1 Å². The van der Waals surface area contributed by atoms with E-state index >= 15 is 0 Å². The average molecular weight is 180 g/mol. The van der Waals surface area contributed by atoms with Gasteiger partial charge in [0, 0.05) is 5.56 Å². The second-order valence-electron chi connectivity index (χ2n) is 3.44. The summed E-state index contributed by atoms with van der Waals surface area (Å²) in [5, 5.41) is 19.3. The first-order valence-electron chi connectivity index (χ1n) is 4.54. The lowest BCUT2D eigenvalue weighted by molar-refractivity contribution is 0.169. The first-order chi connectivity index (χ1) is 6.06. The molecule has 2 heteroatoms. The maximum absolute atomic E-state index is 9.66. The standard InChI is InChI=1S/C11H16O2/c1-4-10(12)9-6-7(2)5-8(3)11(9)13/h5-6,10,12-13H,4H2,1-3H3. The third kappa shape index (κ3) is 2.01. The quantitative estimate of drug-likeness (QED) is 0.734. The number of aryl methyl sites for hydroxylation is 2. The van der Waals surface area contributed by atoms with Gasteiger partial charge < -0.3 is 10.2 Å². The van der Waals surface area contributed by atoms with Gasteiger partial charge in [0.05, 0.1) is 6.10 Å². The minimum absolute atomic E-state index is 0.222. The predicted octanol–water partition coefficient (Wildman–Crippen LogP) is 2.45. The number of hydrogen-bond donors (Lipinski definition) is 2. The monoisotopic (exact) mass is 180 g/mol. The van der Waals surface area contributed by atoms with E-state index in [1.165, 1.54) is 0 Å². The number of aliphatic hydroxyl groups excluding tert-OH is 1. The summed E-state index contributed by atoms with van der Waals surface area (Å²) < 4.78 is 0. The average Bonchev–Trinajstić information content (AvgIpc) is 2.10. The molecule has 1 unspecified atom stereocenters. The van der Waals surface area contributed by atoms with Crippen LogP contribution in [-0.2, 0) is 0 Å². The molecule has 2 nitrogen and oxygen atoms in total. The van der Waals surface area contributed by atoms with Crippen LogP contribution in [0.3, 0.4) is 0 Å². The van der Waals surface area contributed by atoms with Crippen LogP contribution in [0.5, 0.6) is 5.75 Å². The van der Waals surface area contributed by atoms with E-state index in [9.17, 15) is 10.2 Å². The number of phenols is 1. The van der Waals surface area contributed by atoms with Crippen LogP contribution in [0.15, 0.2) is 12.1 Å². The SMILES string of the molecule is CCC(O)c1cc(C)cc(C)c1O. The highest BCUT2D eigenvalue weighted by Gasteiger charge is 2.12. The third-order valence-corrected chi connectivity index (χ3v) is 2.22. The van der Waals surface area contributed by atoms with Gasteiger partial charge in [-0.15, -0.1) is 0 Å². The zero-order valence-corrected chi connectivity index (χ0v) is 8.33. The van der Waals surface area contributed by atoms with Crippen molar-refractivity contribution in [2.45, 2.75) is 33.3 Å². The number of rotatable bonds is 2. The Morgan fingerprint density at radius 2 is 1.92 bits per heavy atom. The van der Waals surface area contributed by atoms with Crippen LogP contribution in [-0.4, -0.2) is 10.2 Å². The van der Waals surface area contributed by atoms with E-state index in [2.05, 4.69) is 0 Å². The first-order valence-corrected chi connectivity index (χ1v) is 4.54. The molecular formula is C11H16O2. The van der Waals surface area contributed by atoms with Gasteiger partial charge in [-0.2, -0.15) is 0 Å². The Balaban J connectivity index is 3.20. The van der Waals surface area contributed by atoms with Crippen molar-refractivity contribution in [1.29, 1.82) is 0 Å². The molecule has 72 valence electrons. The summed E-state index contributed by atoms with van der Waals surface area (Å²) in [5.74, 6) is 0.222. The molecule has 0 amide bonds. The van der Waals surface area contributed by atoms with E-state index in [1.807, 2.05) is 32.9 Å². The minimum atomic E-state index is -0.557. The molecule has 1 rings (SSSR count). The molecule has 0 spiro atoms. The van der Waals surface area contributed by atoms with Crippen LogP contribution in [0.2, 0.25) is 0 Å². The smallest absolute Gasteiger partial charge is 0.124 e. The van der Waals surface area contributed by atoms with Crippen LogP contribution in [0.4, 0.5) is 0 Å². The van der Waals surface area contributed by atoms with Gasteiger partial charge in [-0.05, 0) is 31.9 Å². The number of aromatic hydroxyl groups is 1. The molecule has 0 aliphatic carbocycles. The number of benzene rings is 1. The Kier molecular flexibility index (Phi) is 2.94. The summed E-state index contributed by atoms with van der Waals surface area (Å²) in [4.78, 5) is 0. The molecular weight excluding hydrogens is 164 g/mol. The van der Waals surface area contributed by atoms with E-state index in [1.54, 1.807) is 0 Å². The van der Waals surface area contributed by atoms with Crippen molar-refractivity contribution in [3.63, 3.8) is 0 Å². The highest BCUT2D eigenvalue weighted by molar-refractivity contribution is 5.43. The van der Waals surface area contributed by atoms with E-state index in [-0.39, 0.29) is 5.75 Å². The van der Waals surface area contributed by atoms with Crippen LogP contribution in [0, 0.1) is 13.8 Å². The molecule has 13 heavy (non-hydrogen) atoms. The van der Waals surface area contributed by atoms with Gasteiger partial charge in [-0.25, -0.2) is 0 Å². The molecule has 2 N–H and O–H groups in total. The molecule has 0 bridgehead atoms. The molecule has 0 aromatic heterocycles. The van der Waals surface area contributed by atoms with E-state index in [0.29, 0.717) is 12.0 Å². The Bertz CT molecular complexity index is 305. The Morgan fingerprint density at radius 1 is 1.31 bits per heavy atom. The summed E-state index contributed by atoms with van der Waals surface area (Å²) >= 11 is 0. The number of aliphatic hydroxyl groups is 1. The Morgan fingerprint density at radius 3 is 2.46 bits per heavy atom. The van der Waals surface area contributed by atoms with Crippen molar-refractivity contribution < 1.29 is 10.2 Å². The fourth-order valence-corrected chi connectivity index (χ4v) is 1.47. The first kappa shape index (κ1) is 10.1. The zero-order chi connectivity index (χ0) is 10.0. The second-order valence-corrected chi connectivity index (χ2v) is 3.44. The lowest BCUT2D eigenvalue weighted by Crippen LogP contribution is -1.97. The van der Waals surface area contributed by atoms with Crippen molar-refractivity contribution in [1.82, 2.24) is 0 Å². The molecule has 1 aromatic rings. The van der Waals surface area contributed by atoms with Crippen molar-refractivity contribution in [3.05, 3.63) is 28.8 Å². The lowest BCUT2D eigenvalue weighted by atomic mass is 10.0. The third-order valence-electron chi connectivity index (χ3n) is 2.22. The highest BCUT2D eigenvalue weighted by Crippen LogP contribution is 2.30. The van der Waals surface area contributed by atoms with E-state index in [0.717, 1.165) is 11.1 Å². The maximum atomic E-state index is 9.66. The van der Waals surface area contributed by atoms with E-state index in [4.69, 9.17) is 0 Å². The summed E-state index contributed by atoms with van der Waals surface area (Å²) in [6, 6.07) is 3.73. The molecule has 0 aliphatic rings. The molecule has 0 saturated heterocycles. The van der Waals surface area contributed by atoms with Crippen molar-refractivity contribution in [3.8, 4) is 5.75 Å². The zero-order valence-electron chi connectivity index (χ0n) is 8.33. The summed E-state index contributed by atoms with van der Waals surface area (Å²) in [6.45, 7) is 5.69. The van der Waals surface area contributed by atoms with Crippen LogP contribution >= 0.6 is 0 Å².